The first-order chi connectivity index (χ1) is 6.25. The van der Waals surface area contributed by atoms with E-state index in [9.17, 15) is 0 Å². The number of H-pyrrole nitrogens is 1. The molecule has 3 N–H and O–H groups in total. The Hall–Kier alpha value is -1.55. The number of nitrogens with two attached hydrogens (primary N) is 1. The number of hydrogen-bond donors (Lipinski definition) is 2. The molecule has 0 saturated carbocycles. The van der Waals surface area contributed by atoms with E-state index in [1.165, 1.54) is 0 Å². The molecule has 0 saturated heterocycles. The van der Waals surface area contributed by atoms with Crippen LogP contribution in [0.15, 0.2) is 24.3 Å². The number of aromatic nitrogens is 3. The number of benzene rings is 1. The largest absolute Gasteiger partial charge is 0.366 e. The molecular formula is C9H11ClN4. The van der Waals surface area contributed by atoms with Crippen molar-refractivity contribution in [2.24, 2.45) is 0 Å². The van der Waals surface area contributed by atoms with Crippen LogP contribution in [0.25, 0.3) is 11.4 Å². The molecular weight excluding hydrogens is 200 g/mol. The van der Waals surface area contributed by atoms with E-state index in [1.807, 2.05) is 12.1 Å². The van der Waals surface area contributed by atoms with Crippen molar-refractivity contribution in [2.75, 3.05) is 5.73 Å². The number of anilines is 1. The van der Waals surface area contributed by atoms with E-state index >= 15 is 0 Å². The van der Waals surface area contributed by atoms with E-state index in [0.29, 0.717) is 10.8 Å². The molecule has 1 aromatic heterocycles. The van der Waals surface area contributed by atoms with E-state index in [2.05, 4.69) is 15.2 Å². The lowest BCUT2D eigenvalue weighted by Gasteiger charge is -1.94. The molecule has 0 atom stereocenters. The number of hydrogen-bond acceptors (Lipinski definition) is 3. The molecule has 0 fully saturated rings. The molecule has 0 amide bonds. The van der Waals surface area contributed by atoms with Crippen LogP contribution in [0.3, 0.4) is 0 Å². The van der Waals surface area contributed by atoms with Gasteiger partial charge < -0.3 is 5.73 Å². The lowest BCUT2D eigenvalue weighted by Crippen LogP contribution is -1.85. The zero-order valence-electron chi connectivity index (χ0n) is 6.66. The van der Waals surface area contributed by atoms with Crippen LogP contribution in [0.4, 0.5) is 5.95 Å². The number of nitrogens with zero attached hydrogens (tertiary/aromatic N) is 2. The molecule has 0 aliphatic carbocycles. The van der Waals surface area contributed by atoms with Crippen LogP contribution in [0.1, 0.15) is 7.43 Å². The van der Waals surface area contributed by atoms with Gasteiger partial charge in [-0.25, -0.2) is 0 Å². The van der Waals surface area contributed by atoms with Crippen LogP contribution in [0, 0.1) is 0 Å². The molecule has 2 rings (SSSR count). The lowest BCUT2D eigenvalue weighted by molar-refractivity contribution is 1.10. The molecule has 0 bridgehead atoms. The van der Waals surface area contributed by atoms with Gasteiger partial charge in [-0.1, -0.05) is 31.2 Å². The van der Waals surface area contributed by atoms with Gasteiger partial charge in [0.15, 0.2) is 5.82 Å². The number of halogens is 1. The second-order valence-corrected chi connectivity index (χ2v) is 2.99. The van der Waals surface area contributed by atoms with Crippen LogP contribution < -0.4 is 5.73 Å². The van der Waals surface area contributed by atoms with E-state index in [1.54, 1.807) is 12.1 Å². The summed E-state index contributed by atoms with van der Waals surface area (Å²) in [5, 5.41) is 7.09. The smallest absolute Gasteiger partial charge is 0.239 e. The summed E-state index contributed by atoms with van der Waals surface area (Å²) >= 11 is 5.81. The van der Waals surface area contributed by atoms with Gasteiger partial charge in [0.05, 0.1) is 0 Å². The maximum absolute atomic E-state index is 5.81. The van der Waals surface area contributed by atoms with Crippen molar-refractivity contribution in [3.05, 3.63) is 29.3 Å². The molecule has 14 heavy (non-hydrogen) atoms. The fourth-order valence-corrected chi connectivity index (χ4v) is 1.23. The summed E-state index contributed by atoms with van der Waals surface area (Å²) in [6.45, 7) is 0. The minimum atomic E-state index is 0. The van der Waals surface area contributed by atoms with Gasteiger partial charge in [0.25, 0.3) is 0 Å². The fraction of sp³-hybridized carbons (Fsp3) is 0.111. The highest BCUT2D eigenvalue weighted by atomic mass is 35.5. The monoisotopic (exact) mass is 210 g/mol. The summed E-state index contributed by atoms with van der Waals surface area (Å²) in [7, 11) is 0. The molecule has 5 heteroatoms. The first kappa shape index (κ1) is 10.5. The summed E-state index contributed by atoms with van der Waals surface area (Å²) in [4.78, 5) is 3.97. The minimum absolute atomic E-state index is 0. The Morgan fingerprint density at radius 3 is 2.71 bits per heavy atom. The Morgan fingerprint density at radius 1 is 1.36 bits per heavy atom. The maximum atomic E-state index is 5.81. The first-order valence-corrected chi connectivity index (χ1v) is 4.07. The van der Waals surface area contributed by atoms with Crippen molar-refractivity contribution in [1.82, 2.24) is 15.2 Å². The molecule has 0 unspecified atom stereocenters. The van der Waals surface area contributed by atoms with Crippen LogP contribution in [-0.4, -0.2) is 15.2 Å². The SMILES string of the molecule is C.Nc1n[nH]c(-c2cccc(Cl)c2)n1. The summed E-state index contributed by atoms with van der Waals surface area (Å²) < 4.78 is 0. The number of nitrogen functional groups attached to an aromatic ring is 1. The van der Waals surface area contributed by atoms with Gasteiger partial charge in [0.2, 0.25) is 5.95 Å². The Labute approximate surface area is 87.1 Å². The topological polar surface area (TPSA) is 67.6 Å². The third-order valence-corrected chi connectivity index (χ3v) is 1.84. The quantitative estimate of drug-likeness (QED) is 0.759. The Morgan fingerprint density at radius 2 is 2.14 bits per heavy atom. The van der Waals surface area contributed by atoms with Crippen molar-refractivity contribution in [1.29, 1.82) is 0 Å². The second-order valence-electron chi connectivity index (χ2n) is 2.55. The standard InChI is InChI=1S/C8H7ClN4.CH4/c9-6-3-1-2-5(4-6)7-11-8(10)13-12-7;/h1-4H,(H3,10,11,12,13);1H4. The highest BCUT2D eigenvalue weighted by Gasteiger charge is 2.02. The van der Waals surface area contributed by atoms with Gasteiger partial charge in [-0.15, -0.1) is 5.10 Å². The van der Waals surface area contributed by atoms with Crippen LogP contribution in [-0.2, 0) is 0 Å². The summed E-state index contributed by atoms with van der Waals surface area (Å²) in [6.07, 6.45) is 0. The molecule has 1 heterocycles. The third kappa shape index (κ3) is 2.03. The highest BCUT2D eigenvalue weighted by Crippen LogP contribution is 2.19. The van der Waals surface area contributed by atoms with Gasteiger partial charge in [-0.05, 0) is 12.1 Å². The summed E-state index contributed by atoms with van der Waals surface area (Å²) in [6, 6.07) is 7.31. The van der Waals surface area contributed by atoms with Crippen LogP contribution >= 0.6 is 11.6 Å². The lowest BCUT2D eigenvalue weighted by atomic mass is 10.2. The average molecular weight is 211 g/mol. The van der Waals surface area contributed by atoms with E-state index in [4.69, 9.17) is 17.3 Å². The van der Waals surface area contributed by atoms with E-state index in [0.717, 1.165) is 5.56 Å². The Balaban J connectivity index is 0.000000980. The van der Waals surface area contributed by atoms with Crippen molar-refractivity contribution in [3.8, 4) is 11.4 Å². The predicted octanol–water partition coefficient (Wildman–Crippen LogP) is 2.34. The Bertz CT molecular complexity index is 424. The zero-order valence-corrected chi connectivity index (χ0v) is 7.42. The molecule has 0 radical (unpaired) electrons. The van der Waals surface area contributed by atoms with Gasteiger partial charge in [-0.2, -0.15) is 4.98 Å². The highest BCUT2D eigenvalue weighted by molar-refractivity contribution is 6.30. The Kier molecular flexibility index (Phi) is 3.09. The normalized spacial score (nSPS) is 9.50. The predicted molar refractivity (Wildman–Crippen MR) is 58.0 cm³/mol. The van der Waals surface area contributed by atoms with Crippen molar-refractivity contribution < 1.29 is 0 Å². The van der Waals surface area contributed by atoms with E-state index < -0.39 is 0 Å². The number of nitrogens with one attached hydrogen (secondary N) is 1. The zero-order chi connectivity index (χ0) is 9.26. The van der Waals surface area contributed by atoms with Gasteiger partial charge in [0.1, 0.15) is 0 Å². The van der Waals surface area contributed by atoms with Crippen LogP contribution in [0.5, 0.6) is 0 Å². The number of aromatic amines is 1. The van der Waals surface area contributed by atoms with Crippen molar-refractivity contribution in [2.45, 2.75) is 7.43 Å². The minimum Gasteiger partial charge on any atom is -0.366 e. The van der Waals surface area contributed by atoms with Crippen LogP contribution in [0.2, 0.25) is 5.02 Å². The maximum Gasteiger partial charge on any atom is 0.239 e. The van der Waals surface area contributed by atoms with E-state index in [-0.39, 0.29) is 13.4 Å². The van der Waals surface area contributed by atoms with Crippen molar-refractivity contribution in [3.63, 3.8) is 0 Å². The fourth-order valence-electron chi connectivity index (χ4n) is 1.04. The molecule has 2 aromatic rings. The average Bonchev–Trinajstić information content (AvgIpc) is 2.52. The molecule has 0 aliphatic heterocycles. The molecule has 1 aromatic carbocycles. The molecule has 74 valence electrons. The number of rotatable bonds is 1. The first-order valence-electron chi connectivity index (χ1n) is 3.69. The molecule has 0 aliphatic rings. The van der Waals surface area contributed by atoms with Crippen molar-refractivity contribution >= 4 is 17.5 Å². The summed E-state index contributed by atoms with van der Waals surface area (Å²) in [5.74, 6) is 0.856. The molecule has 4 nitrogen and oxygen atoms in total. The second kappa shape index (κ2) is 4.11. The third-order valence-electron chi connectivity index (χ3n) is 1.60. The van der Waals surface area contributed by atoms with Gasteiger partial charge >= 0.3 is 0 Å². The molecule has 0 spiro atoms. The van der Waals surface area contributed by atoms with Gasteiger partial charge in [-0.3, -0.25) is 5.10 Å². The summed E-state index contributed by atoms with van der Waals surface area (Å²) in [5.41, 5.74) is 6.24. The van der Waals surface area contributed by atoms with Gasteiger partial charge in [0, 0.05) is 10.6 Å².